The molecule has 8 heteroatoms. The normalized spacial score (nSPS) is 27.1. The second-order valence-corrected chi connectivity index (χ2v) is 7.67. The minimum atomic E-state index is -3.77. The molecular weight excluding hydrogens is 322 g/mol. The largest absolute Gasteiger partial charge is 0.481 e. The van der Waals surface area contributed by atoms with Crippen LogP contribution in [-0.4, -0.2) is 49.0 Å². The second-order valence-electron chi connectivity index (χ2n) is 5.83. The lowest BCUT2D eigenvalue weighted by Crippen LogP contribution is -2.37. The number of benzene rings is 1. The average molecular weight is 339 g/mol. The maximum absolute atomic E-state index is 12.8. The quantitative estimate of drug-likeness (QED) is 0.824. The van der Waals surface area contributed by atoms with Crippen molar-refractivity contribution in [2.75, 3.05) is 7.11 Å². The van der Waals surface area contributed by atoms with E-state index in [1.807, 2.05) is 0 Å². The number of sulfonamides is 1. The van der Waals surface area contributed by atoms with E-state index in [2.05, 4.69) is 4.74 Å². The topological polar surface area (TPSA) is 101 Å². The summed E-state index contributed by atoms with van der Waals surface area (Å²) in [7, 11) is -2.52. The summed E-state index contributed by atoms with van der Waals surface area (Å²) in [5.74, 6) is -2.13. The van der Waals surface area contributed by atoms with Crippen LogP contribution in [0.3, 0.4) is 0 Å². The minimum absolute atomic E-state index is 0.0630. The first-order valence-corrected chi connectivity index (χ1v) is 8.75. The van der Waals surface area contributed by atoms with Crippen LogP contribution in [0.5, 0.6) is 0 Å². The van der Waals surface area contributed by atoms with E-state index in [0.29, 0.717) is 19.3 Å². The first-order valence-electron chi connectivity index (χ1n) is 7.31. The molecule has 0 radical (unpaired) electrons. The lowest BCUT2D eigenvalue weighted by atomic mass is 9.89. The Morgan fingerprint density at radius 1 is 1.22 bits per heavy atom. The molecular formula is C15H17NO6S. The van der Waals surface area contributed by atoms with E-state index >= 15 is 0 Å². The molecule has 2 bridgehead atoms. The van der Waals surface area contributed by atoms with Crippen LogP contribution in [0.1, 0.15) is 29.6 Å². The van der Waals surface area contributed by atoms with E-state index in [1.54, 1.807) is 0 Å². The molecule has 2 aliphatic heterocycles. The second kappa shape index (κ2) is 5.61. The third kappa shape index (κ3) is 2.51. The van der Waals surface area contributed by atoms with Gasteiger partial charge in [-0.2, -0.15) is 4.31 Å². The van der Waals surface area contributed by atoms with E-state index in [0.717, 1.165) is 0 Å². The molecule has 23 heavy (non-hydrogen) atoms. The van der Waals surface area contributed by atoms with Crippen molar-refractivity contribution in [3.63, 3.8) is 0 Å². The van der Waals surface area contributed by atoms with Crippen LogP contribution in [0, 0.1) is 5.92 Å². The van der Waals surface area contributed by atoms with Crippen molar-refractivity contribution in [3.8, 4) is 0 Å². The Labute approximate surface area is 133 Å². The highest BCUT2D eigenvalue weighted by Gasteiger charge is 2.54. The molecule has 0 aromatic heterocycles. The predicted molar refractivity (Wildman–Crippen MR) is 79.4 cm³/mol. The number of ether oxygens (including phenoxy) is 1. The number of carboxylic acid groups (broad SMARTS) is 1. The van der Waals surface area contributed by atoms with Crippen LogP contribution < -0.4 is 0 Å². The number of aliphatic carboxylic acids is 1. The molecule has 0 spiro atoms. The summed E-state index contributed by atoms with van der Waals surface area (Å²) in [6.45, 7) is 0. The molecule has 0 amide bonds. The van der Waals surface area contributed by atoms with Gasteiger partial charge in [-0.1, -0.05) is 0 Å². The first-order chi connectivity index (χ1) is 10.9. The summed E-state index contributed by atoms with van der Waals surface area (Å²) >= 11 is 0. The van der Waals surface area contributed by atoms with Gasteiger partial charge >= 0.3 is 11.9 Å². The number of hydrogen-bond acceptors (Lipinski definition) is 5. The number of carbonyl (C=O) groups excluding carboxylic acids is 1. The van der Waals surface area contributed by atoms with E-state index in [4.69, 9.17) is 0 Å². The van der Waals surface area contributed by atoms with Gasteiger partial charge in [0.05, 0.1) is 23.5 Å². The fraction of sp³-hybridized carbons (Fsp3) is 0.467. The Hall–Kier alpha value is -1.93. The van der Waals surface area contributed by atoms with Crippen LogP contribution in [-0.2, 0) is 19.6 Å². The molecule has 2 heterocycles. The minimum Gasteiger partial charge on any atom is -0.481 e. The summed E-state index contributed by atoms with van der Waals surface area (Å²) in [5.41, 5.74) is 0.263. The molecule has 0 aliphatic carbocycles. The highest BCUT2D eigenvalue weighted by atomic mass is 32.2. The molecule has 0 saturated carbocycles. The predicted octanol–water partition coefficient (Wildman–Crippen LogP) is 1.10. The Kier molecular flexibility index (Phi) is 3.89. The number of carbonyl (C=O) groups is 2. The molecule has 3 rings (SSSR count). The molecule has 1 aromatic carbocycles. The van der Waals surface area contributed by atoms with Crippen molar-refractivity contribution in [1.29, 1.82) is 0 Å². The lowest BCUT2D eigenvalue weighted by Gasteiger charge is -2.22. The van der Waals surface area contributed by atoms with Gasteiger partial charge in [-0.05, 0) is 43.5 Å². The third-order valence-electron chi connectivity index (χ3n) is 4.64. The van der Waals surface area contributed by atoms with Gasteiger partial charge < -0.3 is 9.84 Å². The van der Waals surface area contributed by atoms with Gasteiger partial charge in [0.1, 0.15) is 0 Å². The zero-order valence-electron chi connectivity index (χ0n) is 12.5. The van der Waals surface area contributed by atoms with Gasteiger partial charge in [0.15, 0.2) is 0 Å². The molecule has 7 nitrogen and oxygen atoms in total. The fourth-order valence-electron chi connectivity index (χ4n) is 3.58. The SMILES string of the molecule is COC(=O)c1ccc(S(=O)(=O)N2C3CCC2C(C(=O)O)C3)cc1. The van der Waals surface area contributed by atoms with Crippen LogP contribution in [0.2, 0.25) is 0 Å². The van der Waals surface area contributed by atoms with Gasteiger partial charge in [-0.15, -0.1) is 0 Å². The van der Waals surface area contributed by atoms with Crippen LogP contribution in [0.4, 0.5) is 0 Å². The maximum atomic E-state index is 12.8. The van der Waals surface area contributed by atoms with Crippen LogP contribution in [0.15, 0.2) is 29.2 Å². The number of esters is 1. The smallest absolute Gasteiger partial charge is 0.337 e. The number of rotatable bonds is 4. The molecule has 2 saturated heterocycles. The van der Waals surface area contributed by atoms with Gasteiger partial charge in [-0.25, -0.2) is 13.2 Å². The van der Waals surface area contributed by atoms with E-state index in [1.165, 1.54) is 35.7 Å². The average Bonchev–Trinajstić information content (AvgIpc) is 3.13. The maximum Gasteiger partial charge on any atom is 0.337 e. The number of methoxy groups -OCH3 is 1. The Morgan fingerprint density at radius 2 is 1.87 bits per heavy atom. The molecule has 2 aliphatic rings. The molecule has 1 N–H and O–H groups in total. The van der Waals surface area contributed by atoms with Crippen molar-refractivity contribution in [3.05, 3.63) is 29.8 Å². The molecule has 2 fully saturated rings. The van der Waals surface area contributed by atoms with Gasteiger partial charge in [-0.3, -0.25) is 4.79 Å². The van der Waals surface area contributed by atoms with Gasteiger partial charge in [0, 0.05) is 12.1 Å². The molecule has 3 atom stereocenters. The lowest BCUT2D eigenvalue weighted by molar-refractivity contribution is -0.142. The van der Waals surface area contributed by atoms with E-state index < -0.39 is 33.9 Å². The molecule has 124 valence electrons. The first kappa shape index (κ1) is 15.9. The van der Waals surface area contributed by atoms with E-state index in [9.17, 15) is 23.1 Å². The summed E-state index contributed by atoms with van der Waals surface area (Å²) in [6, 6.07) is 4.76. The Morgan fingerprint density at radius 3 is 2.39 bits per heavy atom. The third-order valence-corrected chi connectivity index (χ3v) is 6.63. The summed E-state index contributed by atoms with van der Waals surface area (Å²) in [6.07, 6.45) is 1.62. The van der Waals surface area contributed by atoms with Crippen molar-refractivity contribution in [1.82, 2.24) is 4.31 Å². The van der Waals surface area contributed by atoms with Crippen molar-refractivity contribution < 1.29 is 27.9 Å². The standard InChI is InChI=1S/C15H17NO6S/c1-22-15(19)9-2-5-11(6-3-9)23(20,21)16-10-4-7-13(16)12(8-10)14(17)18/h2-3,5-6,10,12-13H,4,7-8H2,1H3,(H,17,18). The summed E-state index contributed by atoms with van der Waals surface area (Å²) in [4.78, 5) is 22.8. The molecule has 1 aromatic rings. The fourth-order valence-corrected chi connectivity index (χ4v) is 5.50. The van der Waals surface area contributed by atoms with Crippen LogP contribution >= 0.6 is 0 Å². The summed E-state index contributed by atoms with van der Waals surface area (Å²) in [5, 5.41) is 9.24. The van der Waals surface area contributed by atoms with E-state index in [-0.39, 0.29) is 16.5 Å². The Bertz CT molecular complexity index is 742. The Balaban J connectivity index is 1.90. The summed E-state index contributed by atoms with van der Waals surface area (Å²) < 4.78 is 31.6. The highest BCUT2D eigenvalue weighted by molar-refractivity contribution is 7.89. The number of hydrogen-bond donors (Lipinski definition) is 1. The van der Waals surface area contributed by atoms with Crippen molar-refractivity contribution in [2.45, 2.75) is 36.2 Å². The van der Waals surface area contributed by atoms with Crippen molar-refractivity contribution in [2.24, 2.45) is 5.92 Å². The monoisotopic (exact) mass is 339 g/mol. The van der Waals surface area contributed by atoms with Gasteiger partial charge in [0.2, 0.25) is 10.0 Å². The zero-order chi connectivity index (χ0) is 16.8. The number of fused-ring (bicyclic) bond motifs is 2. The zero-order valence-corrected chi connectivity index (χ0v) is 13.3. The van der Waals surface area contributed by atoms with Crippen molar-refractivity contribution >= 4 is 22.0 Å². The van der Waals surface area contributed by atoms with Gasteiger partial charge in [0.25, 0.3) is 0 Å². The molecule has 3 unspecified atom stereocenters. The number of nitrogens with zero attached hydrogens (tertiary/aromatic N) is 1. The highest BCUT2D eigenvalue weighted by Crippen LogP contribution is 2.45. The van der Waals surface area contributed by atoms with Crippen LogP contribution in [0.25, 0.3) is 0 Å². The number of carboxylic acids is 1.